The summed E-state index contributed by atoms with van der Waals surface area (Å²) in [5, 5.41) is 1.88. The SMILES string of the molecule is CC[C@H](C)N(CC(=O)N(Cc1ccco1)C[C@@H]1CCCO1)C(=O)c1cccs1. The van der Waals surface area contributed by atoms with Crippen molar-refractivity contribution in [2.24, 2.45) is 0 Å². The highest BCUT2D eigenvalue weighted by Gasteiger charge is 2.28. The van der Waals surface area contributed by atoms with Gasteiger partial charge in [0, 0.05) is 19.2 Å². The topological polar surface area (TPSA) is 63.0 Å². The van der Waals surface area contributed by atoms with E-state index in [-0.39, 0.29) is 30.5 Å². The maximum Gasteiger partial charge on any atom is 0.264 e. The van der Waals surface area contributed by atoms with Gasteiger partial charge in [0.2, 0.25) is 5.91 Å². The summed E-state index contributed by atoms with van der Waals surface area (Å²) in [6.07, 6.45) is 4.41. The first-order chi connectivity index (χ1) is 13.6. The van der Waals surface area contributed by atoms with E-state index in [1.807, 2.05) is 37.4 Å². The molecule has 0 unspecified atom stereocenters. The minimum absolute atomic E-state index is 0.0215. The molecule has 1 fully saturated rings. The molecule has 2 amide bonds. The largest absolute Gasteiger partial charge is 0.467 e. The highest BCUT2D eigenvalue weighted by atomic mass is 32.1. The van der Waals surface area contributed by atoms with E-state index in [1.165, 1.54) is 11.3 Å². The van der Waals surface area contributed by atoms with Gasteiger partial charge in [0.1, 0.15) is 12.3 Å². The molecule has 28 heavy (non-hydrogen) atoms. The maximum absolute atomic E-state index is 13.2. The molecule has 1 aliphatic rings. The molecule has 1 aliphatic heterocycles. The van der Waals surface area contributed by atoms with Gasteiger partial charge in [-0.25, -0.2) is 0 Å². The van der Waals surface area contributed by atoms with Crippen LogP contribution in [0.5, 0.6) is 0 Å². The van der Waals surface area contributed by atoms with Crippen LogP contribution in [0.2, 0.25) is 0 Å². The summed E-state index contributed by atoms with van der Waals surface area (Å²) in [4.78, 5) is 30.2. The van der Waals surface area contributed by atoms with Gasteiger partial charge in [-0.3, -0.25) is 9.59 Å². The normalized spacial score (nSPS) is 17.4. The Labute approximate surface area is 170 Å². The number of hydrogen-bond donors (Lipinski definition) is 0. The van der Waals surface area contributed by atoms with Crippen molar-refractivity contribution >= 4 is 23.2 Å². The Bertz CT molecular complexity index is 739. The van der Waals surface area contributed by atoms with Crippen LogP contribution in [0.1, 0.15) is 48.5 Å². The molecule has 0 saturated carbocycles. The van der Waals surface area contributed by atoms with Gasteiger partial charge in [-0.05, 0) is 49.8 Å². The van der Waals surface area contributed by atoms with Crippen LogP contribution in [0.3, 0.4) is 0 Å². The third kappa shape index (κ3) is 5.23. The van der Waals surface area contributed by atoms with Gasteiger partial charge in [0.15, 0.2) is 0 Å². The fourth-order valence-corrected chi connectivity index (χ4v) is 3.99. The summed E-state index contributed by atoms with van der Waals surface area (Å²) in [7, 11) is 0. The third-order valence-electron chi connectivity index (χ3n) is 5.15. The highest BCUT2D eigenvalue weighted by Crippen LogP contribution is 2.18. The van der Waals surface area contributed by atoms with Gasteiger partial charge >= 0.3 is 0 Å². The molecule has 0 radical (unpaired) electrons. The summed E-state index contributed by atoms with van der Waals surface area (Å²) < 4.78 is 11.2. The lowest BCUT2D eigenvalue weighted by Crippen LogP contribution is -2.47. The molecule has 0 spiro atoms. The van der Waals surface area contributed by atoms with E-state index in [9.17, 15) is 9.59 Å². The number of thiophene rings is 1. The Morgan fingerprint density at radius 2 is 2.18 bits per heavy atom. The molecule has 0 N–H and O–H groups in total. The van der Waals surface area contributed by atoms with Crippen molar-refractivity contribution in [1.82, 2.24) is 9.80 Å². The van der Waals surface area contributed by atoms with Crippen LogP contribution in [-0.4, -0.2) is 53.5 Å². The van der Waals surface area contributed by atoms with E-state index in [0.29, 0.717) is 18.0 Å². The summed E-state index contributed by atoms with van der Waals surface area (Å²) in [6, 6.07) is 7.32. The quantitative estimate of drug-likeness (QED) is 0.638. The van der Waals surface area contributed by atoms with Crippen LogP contribution >= 0.6 is 11.3 Å². The molecule has 0 aliphatic carbocycles. The standard InChI is InChI=1S/C21H28N2O4S/c1-3-16(2)23(21(25)19-9-6-12-28-19)15-20(24)22(13-17-7-4-10-26-17)14-18-8-5-11-27-18/h4,6-7,9-10,12,16,18H,3,5,8,11,13-15H2,1-2H3/t16-,18-/m0/s1. The first kappa shape index (κ1) is 20.6. The van der Waals surface area contributed by atoms with Crippen LogP contribution in [0.25, 0.3) is 0 Å². The van der Waals surface area contributed by atoms with E-state index in [1.54, 1.807) is 22.1 Å². The highest BCUT2D eigenvalue weighted by molar-refractivity contribution is 7.12. The molecule has 7 heteroatoms. The van der Waals surface area contributed by atoms with Crippen molar-refractivity contribution in [3.8, 4) is 0 Å². The van der Waals surface area contributed by atoms with Crippen molar-refractivity contribution in [3.05, 3.63) is 46.5 Å². The van der Waals surface area contributed by atoms with Crippen LogP contribution in [0.4, 0.5) is 0 Å². The van der Waals surface area contributed by atoms with Gasteiger partial charge in [0.25, 0.3) is 5.91 Å². The second kappa shape index (κ2) is 9.89. The third-order valence-corrected chi connectivity index (χ3v) is 6.01. The second-order valence-electron chi connectivity index (χ2n) is 7.16. The Hall–Kier alpha value is -2.12. The number of carbonyl (C=O) groups is 2. The fraction of sp³-hybridized carbons (Fsp3) is 0.524. The molecule has 2 aromatic rings. The first-order valence-corrected chi connectivity index (χ1v) is 10.7. The molecule has 2 aromatic heterocycles. The van der Waals surface area contributed by atoms with E-state index >= 15 is 0 Å². The Balaban J connectivity index is 1.73. The summed E-state index contributed by atoms with van der Waals surface area (Å²) >= 11 is 1.40. The molecular formula is C21H28N2O4S. The molecule has 2 atom stereocenters. The zero-order chi connectivity index (χ0) is 19.9. The van der Waals surface area contributed by atoms with Crippen LogP contribution in [-0.2, 0) is 16.1 Å². The van der Waals surface area contributed by atoms with Crippen molar-refractivity contribution in [1.29, 1.82) is 0 Å². The summed E-state index contributed by atoms with van der Waals surface area (Å²) in [6.45, 7) is 5.70. The van der Waals surface area contributed by atoms with E-state index in [4.69, 9.17) is 9.15 Å². The molecule has 1 saturated heterocycles. The molecule has 0 aromatic carbocycles. The zero-order valence-corrected chi connectivity index (χ0v) is 17.3. The Morgan fingerprint density at radius 3 is 2.79 bits per heavy atom. The van der Waals surface area contributed by atoms with E-state index < -0.39 is 0 Å². The number of nitrogens with zero attached hydrogens (tertiary/aromatic N) is 2. The number of furan rings is 1. The Kier molecular flexibility index (Phi) is 7.28. The van der Waals surface area contributed by atoms with E-state index in [2.05, 4.69) is 0 Å². The second-order valence-corrected chi connectivity index (χ2v) is 8.10. The molecular weight excluding hydrogens is 376 g/mol. The van der Waals surface area contributed by atoms with E-state index in [0.717, 1.165) is 31.6 Å². The lowest BCUT2D eigenvalue weighted by molar-refractivity contribution is -0.134. The maximum atomic E-state index is 13.2. The van der Waals surface area contributed by atoms with Gasteiger partial charge in [-0.2, -0.15) is 0 Å². The number of ether oxygens (including phenoxy) is 1. The van der Waals surface area contributed by atoms with Gasteiger partial charge in [-0.1, -0.05) is 13.0 Å². The van der Waals surface area contributed by atoms with Crippen molar-refractivity contribution < 1.29 is 18.7 Å². The van der Waals surface area contributed by atoms with Crippen LogP contribution in [0.15, 0.2) is 40.3 Å². The number of amides is 2. The molecule has 0 bridgehead atoms. The number of rotatable bonds is 9. The average Bonchev–Trinajstić information content (AvgIpc) is 3.47. The summed E-state index contributed by atoms with van der Waals surface area (Å²) in [5.41, 5.74) is 0. The molecule has 152 valence electrons. The zero-order valence-electron chi connectivity index (χ0n) is 16.5. The average molecular weight is 405 g/mol. The van der Waals surface area contributed by atoms with Gasteiger partial charge in [0.05, 0.1) is 23.8 Å². The predicted octanol–water partition coefficient (Wildman–Crippen LogP) is 3.79. The van der Waals surface area contributed by atoms with Crippen molar-refractivity contribution in [3.63, 3.8) is 0 Å². The smallest absolute Gasteiger partial charge is 0.264 e. The van der Waals surface area contributed by atoms with Crippen molar-refractivity contribution in [2.75, 3.05) is 19.7 Å². The molecule has 6 nitrogen and oxygen atoms in total. The molecule has 3 rings (SSSR count). The number of hydrogen-bond acceptors (Lipinski definition) is 5. The minimum atomic E-state index is -0.0900. The van der Waals surface area contributed by atoms with Crippen LogP contribution in [0, 0.1) is 0 Å². The Morgan fingerprint density at radius 1 is 1.32 bits per heavy atom. The first-order valence-electron chi connectivity index (χ1n) is 9.84. The number of carbonyl (C=O) groups excluding carboxylic acids is 2. The predicted molar refractivity (Wildman–Crippen MR) is 108 cm³/mol. The minimum Gasteiger partial charge on any atom is -0.467 e. The molecule has 3 heterocycles. The fourth-order valence-electron chi connectivity index (χ4n) is 3.32. The monoisotopic (exact) mass is 404 g/mol. The van der Waals surface area contributed by atoms with Gasteiger partial charge in [-0.15, -0.1) is 11.3 Å². The van der Waals surface area contributed by atoms with Crippen LogP contribution < -0.4 is 0 Å². The van der Waals surface area contributed by atoms with Crippen molar-refractivity contribution in [2.45, 2.75) is 51.8 Å². The lowest BCUT2D eigenvalue weighted by Gasteiger charge is -2.31. The van der Waals surface area contributed by atoms with Gasteiger partial charge < -0.3 is 19.0 Å². The lowest BCUT2D eigenvalue weighted by atomic mass is 10.2. The summed E-state index contributed by atoms with van der Waals surface area (Å²) in [5.74, 6) is 0.552.